The van der Waals surface area contributed by atoms with Crippen molar-refractivity contribution in [3.05, 3.63) is 47.5 Å². The maximum Gasteiger partial charge on any atom is 0.222 e. The van der Waals surface area contributed by atoms with Gasteiger partial charge in [0.05, 0.1) is 17.0 Å². The minimum atomic E-state index is -0.0127. The minimum Gasteiger partial charge on any atom is -0.382 e. The van der Waals surface area contributed by atoms with Crippen LogP contribution in [0.3, 0.4) is 0 Å². The van der Waals surface area contributed by atoms with Gasteiger partial charge in [-0.15, -0.1) is 0 Å². The zero-order valence-electron chi connectivity index (χ0n) is 11.2. The number of imidazole rings is 1. The van der Waals surface area contributed by atoms with Gasteiger partial charge in [-0.1, -0.05) is 11.6 Å². The summed E-state index contributed by atoms with van der Waals surface area (Å²) in [5, 5.41) is 9.66. The molecular weight excluding hydrogens is 302 g/mol. The molecule has 0 saturated carbocycles. The van der Waals surface area contributed by atoms with E-state index in [2.05, 4.69) is 15.0 Å². The monoisotopic (exact) mass is 311 g/mol. The maximum absolute atomic E-state index is 9.24. The fourth-order valence-corrected chi connectivity index (χ4v) is 2.33. The first-order chi connectivity index (χ1) is 10.6. The number of nitrogens with zero attached hydrogens (tertiary/aromatic N) is 5. The van der Waals surface area contributed by atoms with Crippen LogP contribution in [0.2, 0.25) is 5.02 Å². The molecule has 3 aromatic rings. The lowest BCUT2D eigenvalue weighted by Gasteiger charge is -2.10. The van der Waals surface area contributed by atoms with E-state index < -0.39 is 0 Å². The van der Waals surface area contributed by atoms with Crippen LogP contribution in [0, 0.1) is 11.3 Å². The lowest BCUT2D eigenvalue weighted by molar-refractivity contribution is 1.06. The number of hydrogen-bond donors (Lipinski definition) is 2. The van der Waals surface area contributed by atoms with Gasteiger partial charge in [0, 0.05) is 23.6 Å². The second kappa shape index (κ2) is 5.35. The molecule has 0 atom stereocenters. The average molecular weight is 312 g/mol. The molecule has 2 aromatic heterocycles. The van der Waals surface area contributed by atoms with Crippen LogP contribution in [0.1, 0.15) is 5.56 Å². The Balaban J connectivity index is 2.16. The minimum absolute atomic E-state index is 0.0127. The predicted molar refractivity (Wildman–Crippen MR) is 83.1 cm³/mol. The first-order valence-corrected chi connectivity index (χ1v) is 6.59. The van der Waals surface area contributed by atoms with Crippen LogP contribution in [0.15, 0.2) is 36.9 Å². The second-order valence-corrected chi connectivity index (χ2v) is 4.84. The van der Waals surface area contributed by atoms with Crippen LogP contribution in [-0.2, 0) is 0 Å². The lowest BCUT2D eigenvalue weighted by Crippen LogP contribution is -2.05. The van der Waals surface area contributed by atoms with Crippen LogP contribution in [0.25, 0.3) is 16.9 Å². The number of benzene rings is 1. The fourth-order valence-electron chi connectivity index (χ4n) is 2.07. The average Bonchev–Trinajstić information content (AvgIpc) is 3.00. The first-order valence-electron chi connectivity index (χ1n) is 6.21. The van der Waals surface area contributed by atoms with Crippen molar-refractivity contribution in [2.75, 3.05) is 11.5 Å². The molecule has 0 bridgehead atoms. The Morgan fingerprint density at radius 3 is 2.68 bits per heavy atom. The Morgan fingerprint density at radius 1 is 1.23 bits per heavy atom. The van der Waals surface area contributed by atoms with Gasteiger partial charge in [-0.2, -0.15) is 10.2 Å². The summed E-state index contributed by atoms with van der Waals surface area (Å²) in [7, 11) is 0. The van der Waals surface area contributed by atoms with E-state index in [1.54, 1.807) is 30.9 Å². The highest BCUT2D eigenvalue weighted by Crippen LogP contribution is 2.32. The maximum atomic E-state index is 9.24. The van der Waals surface area contributed by atoms with Crippen LogP contribution >= 0.6 is 11.6 Å². The number of rotatable bonds is 2. The van der Waals surface area contributed by atoms with E-state index in [0.29, 0.717) is 16.3 Å². The van der Waals surface area contributed by atoms with E-state index >= 15 is 0 Å². The number of aromatic nitrogens is 4. The summed E-state index contributed by atoms with van der Waals surface area (Å²) in [6.45, 7) is 0. The molecule has 4 N–H and O–H groups in total. The van der Waals surface area contributed by atoms with Gasteiger partial charge in [-0.05, 0) is 18.2 Å². The molecule has 0 aliphatic rings. The van der Waals surface area contributed by atoms with E-state index in [1.165, 1.54) is 0 Å². The Bertz CT molecular complexity index is 881. The highest BCUT2D eigenvalue weighted by molar-refractivity contribution is 6.33. The molecule has 0 saturated heterocycles. The molecule has 0 radical (unpaired) electrons. The molecule has 7 nitrogen and oxygen atoms in total. The quantitative estimate of drug-likeness (QED) is 0.747. The second-order valence-electron chi connectivity index (χ2n) is 4.44. The van der Waals surface area contributed by atoms with Crippen molar-refractivity contribution in [1.29, 1.82) is 5.26 Å². The van der Waals surface area contributed by atoms with Crippen molar-refractivity contribution < 1.29 is 0 Å². The Morgan fingerprint density at radius 2 is 2.05 bits per heavy atom. The largest absolute Gasteiger partial charge is 0.382 e. The molecule has 8 heteroatoms. The van der Waals surface area contributed by atoms with Crippen LogP contribution in [-0.4, -0.2) is 19.5 Å². The summed E-state index contributed by atoms with van der Waals surface area (Å²) in [6, 6.07) is 7.31. The third-order valence-corrected chi connectivity index (χ3v) is 3.39. The van der Waals surface area contributed by atoms with Crippen molar-refractivity contribution in [1.82, 2.24) is 19.5 Å². The molecule has 1 aromatic carbocycles. The Labute approximate surface area is 130 Å². The molecule has 3 rings (SSSR count). The summed E-state index contributed by atoms with van der Waals surface area (Å²) in [5.41, 5.74) is 13.2. The normalized spacial score (nSPS) is 10.4. The third kappa shape index (κ3) is 2.32. The predicted octanol–water partition coefficient (Wildman–Crippen LogP) is 2.02. The van der Waals surface area contributed by atoms with Gasteiger partial charge in [0.25, 0.3) is 0 Å². The van der Waals surface area contributed by atoms with Crippen LogP contribution < -0.4 is 11.5 Å². The van der Waals surface area contributed by atoms with E-state index in [-0.39, 0.29) is 17.3 Å². The third-order valence-electron chi connectivity index (χ3n) is 3.08. The van der Waals surface area contributed by atoms with Gasteiger partial charge in [0.15, 0.2) is 0 Å². The topological polar surface area (TPSA) is 119 Å². The highest BCUT2D eigenvalue weighted by atomic mass is 35.5. The molecular formula is C14H10ClN7. The van der Waals surface area contributed by atoms with Crippen molar-refractivity contribution in [2.24, 2.45) is 0 Å². The number of nitriles is 1. The number of nitrogens with two attached hydrogens (primary N) is 2. The molecule has 22 heavy (non-hydrogen) atoms. The van der Waals surface area contributed by atoms with Crippen molar-refractivity contribution in [3.63, 3.8) is 0 Å². The van der Waals surface area contributed by atoms with Crippen molar-refractivity contribution >= 4 is 23.4 Å². The summed E-state index contributed by atoms with van der Waals surface area (Å²) >= 11 is 6.33. The fraction of sp³-hybridized carbons (Fsp3) is 0. The zero-order chi connectivity index (χ0) is 15.7. The number of hydrogen-bond acceptors (Lipinski definition) is 6. The van der Waals surface area contributed by atoms with Gasteiger partial charge < -0.3 is 16.0 Å². The van der Waals surface area contributed by atoms with Gasteiger partial charge in [0.1, 0.15) is 17.5 Å². The Kier molecular flexibility index (Phi) is 3.37. The van der Waals surface area contributed by atoms with E-state index in [9.17, 15) is 5.26 Å². The SMILES string of the molecule is N#Cc1c(N)nc(N)nc1-c1ccc(-n2ccnc2)cc1Cl. The molecule has 0 spiro atoms. The number of nitrogen functional groups attached to an aromatic ring is 2. The van der Waals surface area contributed by atoms with E-state index in [4.69, 9.17) is 23.1 Å². The molecule has 2 heterocycles. The summed E-state index contributed by atoms with van der Waals surface area (Å²) in [4.78, 5) is 11.9. The molecule has 0 aliphatic carbocycles. The van der Waals surface area contributed by atoms with Gasteiger partial charge >= 0.3 is 0 Å². The van der Waals surface area contributed by atoms with E-state index in [1.807, 2.05) is 16.7 Å². The summed E-state index contributed by atoms with van der Waals surface area (Å²) in [6.07, 6.45) is 5.13. The molecule has 0 unspecified atom stereocenters. The highest BCUT2D eigenvalue weighted by Gasteiger charge is 2.16. The Hall–Kier alpha value is -3.11. The number of halogens is 1. The zero-order valence-corrected chi connectivity index (χ0v) is 12.0. The summed E-state index contributed by atoms with van der Waals surface area (Å²) in [5.74, 6) is 0.0148. The molecule has 0 amide bonds. The first kappa shape index (κ1) is 13.9. The standard InChI is InChI=1S/C14H10ClN7/c15-11-5-8(22-4-3-19-7-22)1-2-9(11)12-10(6-16)13(17)21-14(18)20-12/h1-5,7H,(H4,17,18,20,21). The smallest absolute Gasteiger partial charge is 0.222 e. The summed E-state index contributed by atoms with van der Waals surface area (Å²) < 4.78 is 1.81. The van der Waals surface area contributed by atoms with Crippen LogP contribution in [0.5, 0.6) is 0 Å². The number of anilines is 2. The molecule has 108 valence electrons. The van der Waals surface area contributed by atoms with Gasteiger partial charge in [-0.25, -0.2) is 9.97 Å². The van der Waals surface area contributed by atoms with Gasteiger partial charge in [-0.3, -0.25) is 0 Å². The van der Waals surface area contributed by atoms with Crippen molar-refractivity contribution in [3.8, 4) is 23.0 Å². The van der Waals surface area contributed by atoms with E-state index in [0.717, 1.165) is 5.69 Å². The molecule has 0 fully saturated rings. The van der Waals surface area contributed by atoms with Crippen LogP contribution in [0.4, 0.5) is 11.8 Å². The van der Waals surface area contributed by atoms with Gasteiger partial charge in [0.2, 0.25) is 5.95 Å². The van der Waals surface area contributed by atoms with Crippen molar-refractivity contribution in [2.45, 2.75) is 0 Å². The lowest BCUT2D eigenvalue weighted by atomic mass is 10.1. The molecule has 0 aliphatic heterocycles.